The second-order valence-corrected chi connectivity index (χ2v) is 4.00. The van der Waals surface area contributed by atoms with Crippen molar-refractivity contribution in [3.05, 3.63) is 66.4 Å². The molecule has 18 heavy (non-hydrogen) atoms. The smallest absolute Gasteiger partial charge is 0.0410 e. The third kappa shape index (κ3) is 3.36. The number of hydrogen-bond donors (Lipinski definition) is 0. The number of benzene rings is 1. The Morgan fingerprint density at radius 2 is 1.83 bits per heavy atom. The lowest BCUT2D eigenvalue weighted by atomic mass is 10.2. The van der Waals surface area contributed by atoms with Gasteiger partial charge in [0.05, 0.1) is 0 Å². The van der Waals surface area contributed by atoms with Crippen molar-refractivity contribution in [3.8, 4) is 0 Å². The molecule has 2 rings (SSSR count). The molecule has 0 unspecified atom stereocenters. The van der Waals surface area contributed by atoms with Gasteiger partial charge >= 0.3 is 0 Å². The number of allylic oxidation sites excluding steroid dienone is 3. The Kier molecular flexibility index (Phi) is 5.99. The molecule has 0 aromatic heterocycles. The quantitative estimate of drug-likeness (QED) is 0.677. The van der Waals surface area contributed by atoms with Crippen LogP contribution in [0.4, 0.5) is 5.69 Å². The minimum Gasteiger partial charge on any atom is -0.341 e. The van der Waals surface area contributed by atoms with Crippen molar-refractivity contribution in [3.63, 3.8) is 0 Å². The number of hydrogen-bond acceptors (Lipinski definition) is 1. The van der Waals surface area contributed by atoms with Crippen LogP contribution in [0.1, 0.15) is 27.2 Å². The summed E-state index contributed by atoms with van der Waals surface area (Å²) in [6.07, 6.45) is 7.11. The first-order valence-electron chi connectivity index (χ1n) is 6.64. The zero-order valence-electron chi connectivity index (χ0n) is 11.7. The van der Waals surface area contributed by atoms with E-state index < -0.39 is 0 Å². The minimum atomic E-state index is 1.08. The summed E-state index contributed by atoms with van der Waals surface area (Å²) in [5.74, 6) is 0. The molecule has 0 fully saturated rings. The van der Waals surface area contributed by atoms with Gasteiger partial charge in [0.25, 0.3) is 0 Å². The molecule has 96 valence electrons. The maximum atomic E-state index is 3.72. The second-order valence-electron chi connectivity index (χ2n) is 4.00. The lowest BCUT2D eigenvalue weighted by Gasteiger charge is -2.20. The van der Waals surface area contributed by atoms with Gasteiger partial charge in [-0.05, 0) is 37.1 Å². The highest BCUT2D eigenvalue weighted by molar-refractivity contribution is 5.58. The van der Waals surface area contributed by atoms with E-state index >= 15 is 0 Å². The fraction of sp³-hybridized carbons (Fsp3) is 0.294. The van der Waals surface area contributed by atoms with E-state index in [9.17, 15) is 0 Å². The van der Waals surface area contributed by atoms with Gasteiger partial charge in [0, 0.05) is 17.9 Å². The summed E-state index contributed by atoms with van der Waals surface area (Å²) >= 11 is 0. The first-order chi connectivity index (χ1) is 8.83. The fourth-order valence-corrected chi connectivity index (χ4v) is 2.03. The van der Waals surface area contributed by atoms with Crippen molar-refractivity contribution in [2.45, 2.75) is 27.2 Å². The Labute approximate surface area is 111 Å². The number of nitrogens with zero attached hydrogens (tertiary/aromatic N) is 1. The molecule has 1 aliphatic rings. The normalized spacial score (nSPS) is 14.7. The summed E-state index contributed by atoms with van der Waals surface area (Å²) in [6.45, 7) is 11.0. The minimum absolute atomic E-state index is 1.08. The molecule has 1 heteroatoms. The van der Waals surface area contributed by atoms with E-state index in [1.54, 1.807) is 0 Å². The number of para-hydroxylation sites is 1. The predicted octanol–water partition coefficient (Wildman–Crippen LogP) is 4.94. The average molecular weight is 241 g/mol. The zero-order valence-corrected chi connectivity index (χ0v) is 11.7. The molecule has 1 aromatic rings. The van der Waals surface area contributed by atoms with E-state index in [0.29, 0.717) is 0 Å². The Morgan fingerprint density at radius 1 is 1.17 bits per heavy atom. The fourth-order valence-electron chi connectivity index (χ4n) is 2.03. The monoisotopic (exact) mass is 241 g/mol. The Hall–Kier alpha value is -1.76. The first-order valence-corrected chi connectivity index (χ1v) is 6.64. The van der Waals surface area contributed by atoms with Crippen LogP contribution in [-0.4, -0.2) is 6.54 Å². The molecule has 0 radical (unpaired) electrons. The van der Waals surface area contributed by atoms with Crippen molar-refractivity contribution in [1.82, 2.24) is 0 Å². The highest BCUT2D eigenvalue weighted by Gasteiger charge is 2.18. The molecule has 0 spiro atoms. The molecule has 0 bridgehead atoms. The third-order valence-corrected chi connectivity index (χ3v) is 2.90. The van der Waals surface area contributed by atoms with Gasteiger partial charge in [-0.2, -0.15) is 0 Å². The van der Waals surface area contributed by atoms with Crippen LogP contribution in [0.3, 0.4) is 0 Å². The van der Waals surface area contributed by atoms with E-state index in [2.05, 4.69) is 54.8 Å². The molecular formula is C17H23N. The summed E-state index contributed by atoms with van der Waals surface area (Å²) in [7, 11) is 0. The van der Waals surface area contributed by atoms with Crippen LogP contribution in [0.25, 0.3) is 0 Å². The number of rotatable bonds is 3. The standard InChI is InChI=1S/C15H17N.C2H6/c1-3-4-10-15-13(2)11-12-16(15)14-8-6-5-7-9-14;1-2/h3-10H,1,11-12H2,2H3;1-2H3/b10-4-;. The van der Waals surface area contributed by atoms with Crippen LogP contribution in [0.5, 0.6) is 0 Å². The van der Waals surface area contributed by atoms with Crippen molar-refractivity contribution >= 4 is 5.69 Å². The highest BCUT2D eigenvalue weighted by atomic mass is 15.2. The van der Waals surface area contributed by atoms with Gasteiger partial charge in [-0.15, -0.1) is 0 Å². The van der Waals surface area contributed by atoms with Crippen LogP contribution in [-0.2, 0) is 0 Å². The lowest BCUT2D eigenvalue weighted by Crippen LogP contribution is -2.17. The average Bonchev–Trinajstić information content (AvgIpc) is 2.81. The van der Waals surface area contributed by atoms with E-state index in [1.807, 2.05) is 26.0 Å². The summed E-state index contributed by atoms with van der Waals surface area (Å²) < 4.78 is 0. The molecule has 1 aromatic carbocycles. The summed E-state index contributed by atoms with van der Waals surface area (Å²) in [5.41, 5.74) is 4.02. The molecule has 0 saturated carbocycles. The lowest BCUT2D eigenvalue weighted by molar-refractivity contribution is 0.967. The van der Waals surface area contributed by atoms with E-state index in [1.165, 1.54) is 17.0 Å². The summed E-state index contributed by atoms with van der Waals surface area (Å²) in [5, 5.41) is 0. The van der Waals surface area contributed by atoms with Gasteiger partial charge < -0.3 is 4.90 Å². The van der Waals surface area contributed by atoms with Crippen molar-refractivity contribution < 1.29 is 0 Å². The molecule has 1 aliphatic heterocycles. The van der Waals surface area contributed by atoms with Crippen LogP contribution in [0, 0.1) is 0 Å². The maximum absolute atomic E-state index is 3.72. The largest absolute Gasteiger partial charge is 0.341 e. The van der Waals surface area contributed by atoms with E-state index in [0.717, 1.165) is 13.0 Å². The Balaban J connectivity index is 0.000000771. The molecule has 0 atom stereocenters. The molecule has 0 saturated heterocycles. The molecule has 0 N–H and O–H groups in total. The third-order valence-electron chi connectivity index (χ3n) is 2.90. The molecule has 0 aliphatic carbocycles. The van der Waals surface area contributed by atoms with Gasteiger partial charge in [0.2, 0.25) is 0 Å². The SMILES string of the molecule is C=C/C=C\C1=C(C)CCN1c1ccccc1.CC. The van der Waals surface area contributed by atoms with Gasteiger partial charge in [-0.1, -0.05) is 50.8 Å². The second kappa shape index (κ2) is 7.54. The van der Waals surface area contributed by atoms with Gasteiger partial charge in [0.15, 0.2) is 0 Å². The zero-order chi connectivity index (χ0) is 13.4. The van der Waals surface area contributed by atoms with Gasteiger partial charge in [-0.3, -0.25) is 0 Å². The Morgan fingerprint density at radius 3 is 2.44 bits per heavy atom. The highest BCUT2D eigenvalue weighted by Crippen LogP contribution is 2.29. The molecular weight excluding hydrogens is 218 g/mol. The van der Waals surface area contributed by atoms with Crippen LogP contribution in [0.2, 0.25) is 0 Å². The van der Waals surface area contributed by atoms with Gasteiger partial charge in [0.1, 0.15) is 0 Å². The number of anilines is 1. The topological polar surface area (TPSA) is 3.24 Å². The van der Waals surface area contributed by atoms with Crippen LogP contribution >= 0.6 is 0 Å². The first kappa shape index (κ1) is 14.3. The van der Waals surface area contributed by atoms with Crippen molar-refractivity contribution in [2.75, 3.05) is 11.4 Å². The molecule has 0 amide bonds. The van der Waals surface area contributed by atoms with Crippen molar-refractivity contribution in [2.24, 2.45) is 0 Å². The predicted molar refractivity (Wildman–Crippen MR) is 81.8 cm³/mol. The maximum Gasteiger partial charge on any atom is 0.0410 e. The summed E-state index contributed by atoms with van der Waals surface area (Å²) in [6, 6.07) is 10.5. The van der Waals surface area contributed by atoms with E-state index in [4.69, 9.17) is 0 Å². The molecule has 1 heterocycles. The van der Waals surface area contributed by atoms with E-state index in [-0.39, 0.29) is 0 Å². The van der Waals surface area contributed by atoms with Gasteiger partial charge in [-0.25, -0.2) is 0 Å². The van der Waals surface area contributed by atoms with Crippen LogP contribution in [0.15, 0.2) is 66.4 Å². The van der Waals surface area contributed by atoms with Crippen molar-refractivity contribution in [1.29, 1.82) is 0 Å². The molecule has 1 nitrogen and oxygen atoms in total. The van der Waals surface area contributed by atoms with Crippen LogP contribution < -0.4 is 4.90 Å². The summed E-state index contributed by atoms with van der Waals surface area (Å²) in [4.78, 5) is 2.36. The Bertz CT molecular complexity index is 426.